The van der Waals surface area contributed by atoms with Gasteiger partial charge in [-0.05, 0) is 37.3 Å². The van der Waals surface area contributed by atoms with E-state index >= 15 is 0 Å². The fourth-order valence-corrected chi connectivity index (χ4v) is 1.96. The van der Waals surface area contributed by atoms with E-state index in [1.165, 1.54) is 6.33 Å². The van der Waals surface area contributed by atoms with Gasteiger partial charge in [-0.3, -0.25) is 0 Å². The van der Waals surface area contributed by atoms with Crippen LogP contribution in [0.25, 0.3) is 11.0 Å². The second-order valence-corrected chi connectivity index (χ2v) is 4.52. The number of carbonyl (C=O) groups is 1. The summed E-state index contributed by atoms with van der Waals surface area (Å²) in [6.07, 6.45) is 1.36. The maximum Gasteiger partial charge on any atom is 0.354 e. The number of ether oxygens (including phenoxy) is 2. The number of benzene rings is 1. The molecular weight excluding hydrogens is 284 g/mol. The van der Waals surface area contributed by atoms with Crippen molar-refractivity contribution in [2.24, 2.45) is 0 Å². The Morgan fingerprint density at radius 2 is 2.05 bits per heavy atom. The molecule has 0 unspecified atom stereocenters. The number of fused-ring (bicyclic) bond motifs is 1. The molecule has 0 bridgehead atoms. The molecule has 112 valence electrons. The lowest BCUT2D eigenvalue weighted by molar-refractivity contribution is 0.0520. The van der Waals surface area contributed by atoms with E-state index in [2.05, 4.69) is 15.0 Å². The molecule has 0 amide bonds. The summed E-state index contributed by atoms with van der Waals surface area (Å²) in [5, 5.41) is 0.599. The number of carbonyl (C=O) groups excluding carboxylic acids is 1. The molecule has 1 aromatic carbocycles. The average molecular weight is 298 g/mol. The fraction of sp³-hybridized carbons (Fsp3) is 0.133. The third-order valence-electron chi connectivity index (χ3n) is 2.98. The van der Waals surface area contributed by atoms with Crippen molar-refractivity contribution < 1.29 is 14.3 Å². The number of aromatic nitrogens is 3. The highest BCUT2D eigenvalue weighted by Crippen LogP contribution is 2.27. The molecule has 22 heavy (non-hydrogen) atoms. The minimum Gasteiger partial charge on any atom is -0.461 e. The molecule has 2 aromatic heterocycles. The van der Waals surface area contributed by atoms with Crippen LogP contribution in [0.15, 0.2) is 36.7 Å². The molecule has 0 spiro atoms. The predicted molar refractivity (Wildman–Crippen MR) is 80.8 cm³/mol. The molecule has 7 nitrogen and oxygen atoms in total. The summed E-state index contributed by atoms with van der Waals surface area (Å²) in [4.78, 5) is 22.8. The fourth-order valence-electron chi connectivity index (χ4n) is 1.96. The van der Waals surface area contributed by atoms with Crippen LogP contribution < -0.4 is 10.5 Å². The van der Waals surface area contributed by atoms with Crippen LogP contribution in [-0.2, 0) is 4.74 Å². The van der Waals surface area contributed by atoms with Gasteiger partial charge in [0.25, 0.3) is 0 Å². The average Bonchev–Trinajstić information content (AvgIpc) is 2.95. The zero-order valence-corrected chi connectivity index (χ0v) is 11.9. The van der Waals surface area contributed by atoms with Crippen molar-refractivity contribution in [3.63, 3.8) is 0 Å². The maximum atomic E-state index is 11.8. The number of nitrogens with two attached hydrogens (primary N) is 1. The molecule has 7 heteroatoms. The predicted octanol–water partition coefficient (Wildman–Crippen LogP) is 2.51. The monoisotopic (exact) mass is 298 g/mol. The van der Waals surface area contributed by atoms with Gasteiger partial charge in [0.1, 0.15) is 23.4 Å². The minimum absolute atomic E-state index is 0.300. The summed E-state index contributed by atoms with van der Waals surface area (Å²) in [6, 6.07) is 8.55. The van der Waals surface area contributed by atoms with Crippen molar-refractivity contribution in [2.45, 2.75) is 6.92 Å². The highest BCUT2D eigenvalue weighted by atomic mass is 16.5. The molecule has 3 N–H and O–H groups in total. The lowest BCUT2D eigenvalue weighted by atomic mass is 10.3. The van der Waals surface area contributed by atoms with Gasteiger partial charge in [-0.15, -0.1) is 0 Å². The zero-order valence-electron chi connectivity index (χ0n) is 11.9. The van der Waals surface area contributed by atoms with Crippen molar-refractivity contribution in [3.8, 4) is 11.6 Å². The number of nitrogens with zero attached hydrogens (tertiary/aromatic N) is 2. The van der Waals surface area contributed by atoms with E-state index in [9.17, 15) is 4.79 Å². The Balaban J connectivity index is 1.95. The third-order valence-corrected chi connectivity index (χ3v) is 2.98. The molecule has 0 radical (unpaired) electrons. The van der Waals surface area contributed by atoms with Crippen LogP contribution in [0.2, 0.25) is 0 Å². The molecule has 0 saturated carbocycles. The van der Waals surface area contributed by atoms with E-state index in [4.69, 9.17) is 15.2 Å². The van der Waals surface area contributed by atoms with E-state index in [0.717, 1.165) is 0 Å². The molecule has 0 aliphatic rings. The first-order valence-corrected chi connectivity index (χ1v) is 6.71. The lowest BCUT2D eigenvalue weighted by Gasteiger charge is -2.05. The molecule has 3 rings (SSSR count). The second-order valence-electron chi connectivity index (χ2n) is 4.52. The van der Waals surface area contributed by atoms with Gasteiger partial charge in [-0.1, -0.05) is 0 Å². The van der Waals surface area contributed by atoms with E-state index < -0.39 is 5.97 Å². The number of nitrogens with one attached hydrogen (secondary N) is 1. The highest BCUT2D eigenvalue weighted by molar-refractivity contribution is 5.95. The van der Waals surface area contributed by atoms with E-state index in [1.807, 2.05) is 0 Å². The highest BCUT2D eigenvalue weighted by Gasteiger charge is 2.15. The first-order chi connectivity index (χ1) is 10.7. The number of hydrogen-bond acceptors (Lipinski definition) is 6. The summed E-state index contributed by atoms with van der Waals surface area (Å²) in [5.74, 6) is 0.494. The largest absolute Gasteiger partial charge is 0.461 e. The SMILES string of the molecule is CCOC(=O)c1cc2c(Oc3ccc(N)cc3)ncnc2[nH]1. The van der Waals surface area contributed by atoms with Crippen LogP contribution in [0.3, 0.4) is 0 Å². The quantitative estimate of drug-likeness (QED) is 0.566. The van der Waals surface area contributed by atoms with E-state index in [1.54, 1.807) is 37.3 Å². The van der Waals surface area contributed by atoms with Gasteiger partial charge in [0.15, 0.2) is 0 Å². The van der Waals surface area contributed by atoms with Crippen LogP contribution in [0.5, 0.6) is 11.6 Å². The molecule has 0 fully saturated rings. The summed E-state index contributed by atoms with van der Waals surface area (Å²) in [7, 11) is 0. The molecule has 0 aliphatic heterocycles. The number of rotatable bonds is 4. The molecule has 3 aromatic rings. The molecule has 0 saturated heterocycles. The van der Waals surface area contributed by atoms with Crippen LogP contribution in [0.1, 0.15) is 17.4 Å². The van der Waals surface area contributed by atoms with E-state index in [-0.39, 0.29) is 0 Å². The number of hydrogen-bond donors (Lipinski definition) is 2. The molecular formula is C15H14N4O3. The van der Waals surface area contributed by atoms with Crippen molar-refractivity contribution in [3.05, 3.63) is 42.4 Å². The first-order valence-electron chi connectivity index (χ1n) is 6.71. The topological polar surface area (TPSA) is 103 Å². The zero-order chi connectivity index (χ0) is 15.5. The van der Waals surface area contributed by atoms with Crippen LogP contribution in [0.4, 0.5) is 5.69 Å². The van der Waals surface area contributed by atoms with Crippen LogP contribution in [0, 0.1) is 0 Å². The normalized spacial score (nSPS) is 10.6. The van der Waals surface area contributed by atoms with Crippen molar-refractivity contribution in [1.29, 1.82) is 0 Å². The van der Waals surface area contributed by atoms with Gasteiger partial charge >= 0.3 is 5.97 Å². The molecule has 0 atom stereocenters. The summed E-state index contributed by atoms with van der Waals surface area (Å²) in [5.41, 5.74) is 7.09. The summed E-state index contributed by atoms with van der Waals surface area (Å²) >= 11 is 0. The van der Waals surface area contributed by atoms with Gasteiger partial charge in [0.2, 0.25) is 5.88 Å². The Kier molecular flexibility index (Phi) is 3.61. The molecule has 2 heterocycles. The number of nitrogen functional groups attached to an aromatic ring is 1. The Labute approximate surface area is 126 Å². The van der Waals surface area contributed by atoms with Gasteiger partial charge in [0, 0.05) is 5.69 Å². The second kappa shape index (κ2) is 5.72. The van der Waals surface area contributed by atoms with Gasteiger partial charge in [0.05, 0.1) is 12.0 Å². The van der Waals surface area contributed by atoms with Gasteiger partial charge in [-0.25, -0.2) is 14.8 Å². The van der Waals surface area contributed by atoms with Crippen LogP contribution in [-0.4, -0.2) is 27.5 Å². The third kappa shape index (κ3) is 2.69. The number of H-pyrrole nitrogens is 1. The van der Waals surface area contributed by atoms with E-state index in [0.29, 0.717) is 40.7 Å². The van der Waals surface area contributed by atoms with Crippen LogP contribution >= 0.6 is 0 Å². The lowest BCUT2D eigenvalue weighted by Crippen LogP contribution is -2.04. The van der Waals surface area contributed by atoms with Crippen molar-refractivity contribution in [2.75, 3.05) is 12.3 Å². The summed E-state index contributed by atoms with van der Waals surface area (Å²) in [6.45, 7) is 2.05. The Bertz CT molecular complexity index is 811. The molecule has 0 aliphatic carbocycles. The van der Waals surface area contributed by atoms with Crippen molar-refractivity contribution in [1.82, 2.24) is 15.0 Å². The standard InChI is InChI=1S/C15H14N4O3/c1-2-21-15(20)12-7-11-13(19-12)17-8-18-14(11)22-10-5-3-9(16)4-6-10/h3-8H,2,16H2,1H3,(H,17,18,19). The van der Waals surface area contributed by atoms with Gasteiger partial charge in [-0.2, -0.15) is 0 Å². The van der Waals surface area contributed by atoms with Gasteiger partial charge < -0.3 is 20.2 Å². The number of aromatic amines is 1. The smallest absolute Gasteiger partial charge is 0.354 e. The first kappa shape index (κ1) is 13.9. The maximum absolute atomic E-state index is 11.8. The summed E-state index contributed by atoms with van der Waals surface area (Å²) < 4.78 is 10.7. The minimum atomic E-state index is -0.445. The number of anilines is 1. The Hall–Kier alpha value is -3.09. The number of esters is 1. The Morgan fingerprint density at radius 3 is 2.77 bits per heavy atom. The Morgan fingerprint density at radius 1 is 1.27 bits per heavy atom. The van der Waals surface area contributed by atoms with Crippen molar-refractivity contribution >= 4 is 22.7 Å².